The molecule has 1 aliphatic heterocycles. The van der Waals surface area contributed by atoms with Crippen LogP contribution in [0.2, 0.25) is 0 Å². The summed E-state index contributed by atoms with van der Waals surface area (Å²) in [5.74, 6) is 0.625. The molecule has 2 aromatic rings. The molecule has 0 spiro atoms. The van der Waals surface area contributed by atoms with Gasteiger partial charge in [0.2, 0.25) is 0 Å². The van der Waals surface area contributed by atoms with Gasteiger partial charge in [0.15, 0.2) is 0 Å². The van der Waals surface area contributed by atoms with Gasteiger partial charge < -0.3 is 9.72 Å². The Morgan fingerprint density at radius 2 is 2.31 bits per heavy atom. The van der Waals surface area contributed by atoms with E-state index in [1.54, 1.807) is 0 Å². The highest BCUT2D eigenvalue weighted by Gasteiger charge is 2.21. The summed E-state index contributed by atoms with van der Waals surface area (Å²) in [6, 6.07) is 6.08. The molecule has 3 nitrogen and oxygen atoms in total. The lowest BCUT2D eigenvalue weighted by Gasteiger charge is -2.24. The molecular weight excluding hydrogens is 162 g/mol. The second-order valence-electron chi connectivity index (χ2n) is 3.49. The Labute approximate surface area is 76.4 Å². The summed E-state index contributed by atoms with van der Waals surface area (Å²) >= 11 is 0. The molecule has 0 radical (unpaired) electrons. The van der Waals surface area contributed by atoms with Gasteiger partial charge in [-0.3, -0.25) is 0 Å². The number of fused-ring (bicyclic) bond motifs is 1. The van der Waals surface area contributed by atoms with Crippen LogP contribution in [0.4, 0.5) is 0 Å². The van der Waals surface area contributed by atoms with Crippen molar-refractivity contribution in [2.24, 2.45) is 0 Å². The zero-order chi connectivity index (χ0) is 8.67. The van der Waals surface area contributed by atoms with Crippen molar-refractivity contribution in [3.8, 4) is 0 Å². The molecule has 0 bridgehead atoms. The summed E-state index contributed by atoms with van der Waals surface area (Å²) in [5, 5.41) is 3.25. The number of nitrogens with zero attached hydrogens (tertiary/aromatic N) is 2. The Kier molecular flexibility index (Phi) is 1.40. The molecule has 0 saturated carbocycles. The standard InChI is InChI=1S/C10H11N3/c1-2-4-13-7-9(8-5-11-6-8)12-10(13)3-1/h1-4,7-8,11H,5-6H2. The third-order valence-corrected chi connectivity index (χ3v) is 2.58. The first-order valence-electron chi connectivity index (χ1n) is 4.58. The molecule has 3 heteroatoms. The fourth-order valence-corrected chi connectivity index (χ4v) is 1.65. The van der Waals surface area contributed by atoms with Crippen molar-refractivity contribution >= 4 is 5.65 Å². The largest absolute Gasteiger partial charge is 0.315 e. The molecule has 3 heterocycles. The van der Waals surface area contributed by atoms with Gasteiger partial charge in [0.05, 0.1) is 5.69 Å². The molecule has 0 amide bonds. The van der Waals surface area contributed by atoms with E-state index in [0.29, 0.717) is 5.92 Å². The molecule has 0 unspecified atom stereocenters. The van der Waals surface area contributed by atoms with E-state index in [4.69, 9.17) is 0 Å². The third kappa shape index (κ3) is 1.04. The van der Waals surface area contributed by atoms with Gasteiger partial charge in [-0.1, -0.05) is 6.07 Å². The molecule has 66 valence electrons. The Balaban J connectivity index is 2.10. The zero-order valence-electron chi connectivity index (χ0n) is 7.27. The van der Waals surface area contributed by atoms with Crippen molar-refractivity contribution in [2.75, 3.05) is 13.1 Å². The third-order valence-electron chi connectivity index (χ3n) is 2.58. The van der Waals surface area contributed by atoms with E-state index >= 15 is 0 Å². The minimum atomic E-state index is 0.625. The average Bonchev–Trinajstić information content (AvgIpc) is 2.43. The van der Waals surface area contributed by atoms with E-state index in [-0.39, 0.29) is 0 Å². The molecular formula is C10H11N3. The van der Waals surface area contributed by atoms with Crippen LogP contribution >= 0.6 is 0 Å². The van der Waals surface area contributed by atoms with E-state index in [9.17, 15) is 0 Å². The van der Waals surface area contributed by atoms with Gasteiger partial charge in [-0.2, -0.15) is 0 Å². The zero-order valence-corrected chi connectivity index (χ0v) is 7.27. The van der Waals surface area contributed by atoms with Crippen LogP contribution in [0, 0.1) is 0 Å². The van der Waals surface area contributed by atoms with Crippen molar-refractivity contribution in [2.45, 2.75) is 5.92 Å². The van der Waals surface area contributed by atoms with Crippen LogP contribution < -0.4 is 5.32 Å². The minimum absolute atomic E-state index is 0.625. The molecule has 1 N–H and O–H groups in total. The first-order chi connectivity index (χ1) is 6.43. The monoisotopic (exact) mass is 173 g/mol. The Morgan fingerprint density at radius 3 is 3.00 bits per heavy atom. The molecule has 0 aromatic carbocycles. The van der Waals surface area contributed by atoms with Gasteiger partial charge in [0, 0.05) is 31.4 Å². The van der Waals surface area contributed by atoms with Crippen LogP contribution in [0.1, 0.15) is 11.6 Å². The average molecular weight is 173 g/mol. The summed E-state index contributed by atoms with van der Waals surface area (Å²) in [6.45, 7) is 2.15. The molecule has 2 aromatic heterocycles. The summed E-state index contributed by atoms with van der Waals surface area (Å²) in [5.41, 5.74) is 2.26. The molecule has 1 saturated heterocycles. The lowest BCUT2D eigenvalue weighted by atomic mass is 10.0. The highest BCUT2D eigenvalue weighted by atomic mass is 15.0. The van der Waals surface area contributed by atoms with Gasteiger partial charge in [-0.15, -0.1) is 0 Å². The molecule has 1 fully saturated rings. The van der Waals surface area contributed by atoms with E-state index < -0.39 is 0 Å². The van der Waals surface area contributed by atoms with E-state index in [2.05, 4.69) is 20.9 Å². The van der Waals surface area contributed by atoms with Gasteiger partial charge in [-0.25, -0.2) is 4.98 Å². The predicted molar refractivity (Wildman–Crippen MR) is 50.8 cm³/mol. The van der Waals surface area contributed by atoms with Crippen LogP contribution in [0.3, 0.4) is 0 Å². The summed E-state index contributed by atoms with van der Waals surface area (Å²) < 4.78 is 2.08. The number of rotatable bonds is 1. The first kappa shape index (κ1) is 7.09. The van der Waals surface area contributed by atoms with E-state index in [1.165, 1.54) is 5.69 Å². The normalized spacial score (nSPS) is 17.5. The van der Waals surface area contributed by atoms with Crippen molar-refractivity contribution in [3.05, 3.63) is 36.3 Å². The van der Waals surface area contributed by atoms with Crippen LogP contribution in [0.15, 0.2) is 30.6 Å². The number of aromatic nitrogens is 2. The van der Waals surface area contributed by atoms with E-state index in [0.717, 1.165) is 18.7 Å². The molecule has 3 rings (SSSR count). The SMILES string of the molecule is c1ccn2cc(C3CNC3)nc2c1. The fourth-order valence-electron chi connectivity index (χ4n) is 1.65. The summed E-state index contributed by atoms with van der Waals surface area (Å²) in [7, 11) is 0. The van der Waals surface area contributed by atoms with Crippen molar-refractivity contribution < 1.29 is 0 Å². The summed E-state index contributed by atoms with van der Waals surface area (Å²) in [4.78, 5) is 4.56. The lowest BCUT2D eigenvalue weighted by molar-refractivity contribution is 0.441. The van der Waals surface area contributed by atoms with Crippen LogP contribution in [-0.2, 0) is 0 Å². The molecule has 1 aliphatic rings. The van der Waals surface area contributed by atoms with Gasteiger partial charge >= 0.3 is 0 Å². The van der Waals surface area contributed by atoms with Gasteiger partial charge in [0.1, 0.15) is 5.65 Å². The van der Waals surface area contributed by atoms with Gasteiger partial charge in [-0.05, 0) is 12.1 Å². The summed E-state index contributed by atoms with van der Waals surface area (Å²) in [6.07, 6.45) is 4.17. The Hall–Kier alpha value is -1.35. The second kappa shape index (κ2) is 2.57. The minimum Gasteiger partial charge on any atom is -0.315 e. The number of nitrogens with one attached hydrogen (secondary N) is 1. The Bertz CT molecular complexity index is 395. The maximum Gasteiger partial charge on any atom is 0.136 e. The quantitative estimate of drug-likeness (QED) is 0.697. The number of hydrogen-bond acceptors (Lipinski definition) is 2. The fraction of sp³-hybridized carbons (Fsp3) is 0.300. The van der Waals surface area contributed by atoms with Gasteiger partial charge in [0.25, 0.3) is 0 Å². The maximum absolute atomic E-state index is 4.56. The van der Waals surface area contributed by atoms with Crippen molar-refractivity contribution in [1.29, 1.82) is 0 Å². The van der Waals surface area contributed by atoms with Crippen LogP contribution in [0.25, 0.3) is 5.65 Å². The number of imidazole rings is 1. The molecule has 13 heavy (non-hydrogen) atoms. The second-order valence-corrected chi connectivity index (χ2v) is 3.49. The highest BCUT2D eigenvalue weighted by Crippen LogP contribution is 2.18. The highest BCUT2D eigenvalue weighted by molar-refractivity contribution is 5.40. The number of pyridine rings is 1. The van der Waals surface area contributed by atoms with Crippen molar-refractivity contribution in [3.63, 3.8) is 0 Å². The topological polar surface area (TPSA) is 29.3 Å². The molecule has 0 atom stereocenters. The van der Waals surface area contributed by atoms with E-state index in [1.807, 2.05) is 24.4 Å². The first-order valence-corrected chi connectivity index (χ1v) is 4.58. The number of hydrogen-bond donors (Lipinski definition) is 1. The maximum atomic E-state index is 4.56. The van der Waals surface area contributed by atoms with Crippen LogP contribution in [-0.4, -0.2) is 22.5 Å². The van der Waals surface area contributed by atoms with Crippen LogP contribution in [0.5, 0.6) is 0 Å². The smallest absolute Gasteiger partial charge is 0.136 e. The predicted octanol–water partition coefficient (Wildman–Crippen LogP) is 1.02. The Morgan fingerprint density at radius 1 is 1.38 bits per heavy atom. The molecule has 0 aliphatic carbocycles. The lowest BCUT2D eigenvalue weighted by Crippen LogP contribution is -2.40. The van der Waals surface area contributed by atoms with Crippen molar-refractivity contribution in [1.82, 2.24) is 14.7 Å².